The average molecular weight is 402 g/mol. The SMILES string of the molecule is O=C(CN1CCN(C(=O)c2ccccc2)CC1)Nc1cccc(Br)c1. The van der Waals surface area contributed by atoms with Gasteiger partial charge in [-0.2, -0.15) is 0 Å². The molecule has 25 heavy (non-hydrogen) atoms. The smallest absolute Gasteiger partial charge is 0.253 e. The van der Waals surface area contributed by atoms with E-state index in [-0.39, 0.29) is 11.8 Å². The lowest BCUT2D eigenvalue weighted by molar-refractivity contribution is -0.117. The Morgan fingerprint density at radius 1 is 0.960 bits per heavy atom. The van der Waals surface area contributed by atoms with Crippen LogP contribution in [-0.4, -0.2) is 54.3 Å². The third-order valence-corrected chi connectivity index (χ3v) is 4.65. The maximum absolute atomic E-state index is 12.4. The molecule has 2 aromatic rings. The van der Waals surface area contributed by atoms with Crippen molar-refractivity contribution in [3.05, 3.63) is 64.6 Å². The number of rotatable bonds is 4. The molecule has 0 bridgehead atoms. The minimum atomic E-state index is -0.0408. The van der Waals surface area contributed by atoms with Gasteiger partial charge >= 0.3 is 0 Å². The highest BCUT2D eigenvalue weighted by atomic mass is 79.9. The standard InChI is InChI=1S/C19H20BrN3O2/c20-16-7-4-8-17(13-16)21-18(24)14-22-9-11-23(12-10-22)19(25)15-5-2-1-3-6-15/h1-8,13H,9-12,14H2,(H,21,24). The summed E-state index contributed by atoms with van der Waals surface area (Å²) in [6, 6.07) is 16.8. The molecule has 1 aliphatic heterocycles. The Kier molecular flexibility index (Phi) is 5.83. The van der Waals surface area contributed by atoms with Gasteiger partial charge in [-0.3, -0.25) is 14.5 Å². The first-order valence-electron chi connectivity index (χ1n) is 8.24. The van der Waals surface area contributed by atoms with Crippen LogP contribution in [0, 0.1) is 0 Å². The number of hydrogen-bond donors (Lipinski definition) is 1. The second-order valence-corrected chi connectivity index (χ2v) is 6.91. The second kappa shape index (κ2) is 8.27. The van der Waals surface area contributed by atoms with Crippen molar-refractivity contribution in [2.75, 3.05) is 38.0 Å². The molecule has 0 saturated carbocycles. The van der Waals surface area contributed by atoms with Crippen LogP contribution in [0.1, 0.15) is 10.4 Å². The Hall–Kier alpha value is -2.18. The number of nitrogens with zero attached hydrogens (tertiary/aromatic N) is 2. The van der Waals surface area contributed by atoms with Crippen molar-refractivity contribution >= 4 is 33.4 Å². The van der Waals surface area contributed by atoms with Crippen molar-refractivity contribution in [3.63, 3.8) is 0 Å². The summed E-state index contributed by atoms with van der Waals surface area (Å²) >= 11 is 3.39. The molecular weight excluding hydrogens is 382 g/mol. The van der Waals surface area contributed by atoms with Crippen molar-refractivity contribution in [3.8, 4) is 0 Å². The van der Waals surface area contributed by atoms with E-state index in [2.05, 4.69) is 26.1 Å². The fourth-order valence-corrected chi connectivity index (χ4v) is 3.24. The van der Waals surface area contributed by atoms with Gasteiger partial charge in [0.25, 0.3) is 5.91 Å². The molecule has 0 unspecified atom stereocenters. The monoisotopic (exact) mass is 401 g/mol. The Bertz CT molecular complexity index is 743. The molecule has 0 atom stereocenters. The van der Waals surface area contributed by atoms with E-state index in [0.717, 1.165) is 10.2 Å². The Morgan fingerprint density at radius 3 is 2.36 bits per heavy atom. The van der Waals surface area contributed by atoms with E-state index in [1.165, 1.54) is 0 Å². The van der Waals surface area contributed by atoms with Crippen LogP contribution in [0.5, 0.6) is 0 Å². The van der Waals surface area contributed by atoms with Gasteiger partial charge in [0.15, 0.2) is 0 Å². The predicted octanol–water partition coefficient (Wildman–Crippen LogP) is 2.85. The van der Waals surface area contributed by atoms with Gasteiger partial charge in [0.2, 0.25) is 5.91 Å². The van der Waals surface area contributed by atoms with Crippen LogP contribution in [0.3, 0.4) is 0 Å². The Labute approximate surface area is 155 Å². The summed E-state index contributed by atoms with van der Waals surface area (Å²) < 4.78 is 0.929. The van der Waals surface area contributed by atoms with Crippen molar-refractivity contribution in [1.29, 1.82) is 0 Å². The van der Waals surface area contributed by atoms with Gasteiger partial charge in [0.05, 0.1) is 6.54 Å². The van der Waals surface area contributed by atoms with Gasteiger partial charge in [0, 0.05) is 41.9 Å². The summed E-state index contributed by atoms with van der Waals surface area (Å²) in [4.78, 5) is 28.5. The first kappa shape index (κ1) is 17.6. The fourth-order valence-electron chi connectivity index (χ4n) is 2.84. The van der Waals surface area contributed by atoms with Gasteiger partial charge in [-0.05, 0) is 30.3 Å². The van der Waals surface area contributed by atoms with Crippen LogP contribution in [0.25, 0.3) is 0 Å². The molecule has 1 heterocycles. The highest BCUT2D eigenvalue weighted by Gasteiger charge is 2.23. The van der Waals surface area contributed by atoms with Gasteiger partial charge < -0.3 is 10.2 Å². The topological polar surface area (TPSA) is 52.7 Å². The van der Waals surface area contributed by atoms with Gasteiger partial charge in [-0.25, -0.2) is 0 Å². The van der Waals surface area contributed by atoms with Crippen LogP contribution in [0.4, 0.5) is 5.69 Å². The van der Waals surface area contributed by atoms with E-state index in [1.54, 1.807) is 0 Å². The van der Waals surface area contributed by atoms with E-state index in [1.807, 2.05) is 59.5 Å². The molecule has 2 amide bonds. The molecule has 130 valence electrons. The van der Waals surface area contributed by atoms with Crippen LogP contribution in [0.2, 0.25) is 0 Å². The van der Waals surface area contributed by atoms with Crippen LogP contribution >= 0.6 is 15.9 Å². The molecule has 3 rings (SSSR count). The summed E-state index contributed by atoms with van der Waals surface area (Å²) in [6.45, 7) is 3.00. The molecule has 0 radical (unpaired) electrons. The molecule has 1 N–H and O–H groups in total. The highest BCUT2D eigenvalue weighted by molar-refractivity contribution is 9.10. The zero-order valence-corrected chi connectivity index (χ0v) is 15.4. The number of anilines is 1. The predicted molar refractivity (Wildman–Crippen MR) is 102 cm³/mol. The summed E-state index contributed by atoms with van der Waals surface area (Å²) in [5, 5.41) is 2.90. The van der Waals surface area contributed by atoms with Crippen molar-refractivity contribution in [2.45, 2.75) is 0 Å². The zero-order chi connectivity index (χ0) is 17.6. The summed E-state index contributed by atoms with van der Waals surface area (Å²) in [6.07, 6.45) is 0. The minimum Gasteiger partial charge on any atom is -0.336 e. The van der Waals surface area contributed by atoms with Crippen molar-refractivity contribution in [2.24, 2.45) is 0 Å². The fraction of sp³-hybridized carbons (Fsp3) is 0.263. The number of carbonyl (C=O) groups is 2. The molecule has 0 aromatic heterocycles. The number of halogens is 1. The number of benzene rings is 2. The first-order valence-corrected chi connectivity index (χ1v) is 9.03. The van der Waals surface area contributed by atoms with Crippen LogP contribution in [0.15, 0.2) is 59.1 Å². The third-order valence-electron chi connectivity index (χ3n) is 4.16. The highest BCUT2D eigenvalue weighted by Crippen LogP contribution is 2.15. The Balaban J connectivity index is 1.47. The van der Waals surface area contributed by atoms with Gasteiger partial charge in [-0.15, -0.1) is 0 Å². The number of amides is 2. The average Bonchev–Trinajstić information content (AvgIpc) is 2.62. The van der Waals surface area contributed by atoms with Gasteiger partial charge in [0.1, 0.15) is 0 Å². The van der Waals surface area contributed by atoms with E-state index in [4.69, 9.17) is 0 Å². The molecule has 0 aliphatic carbocycles. The molecule has 1 fully saturated rings. The summed E-state index contributed by atoms with van der Waals surface area (Å²) in [7, 11) is 0. The van der Waals surface area contributed by atoms with Gasteiger partial charge in [-0.1, -0.05) is 40.2 Å². The summed E-state index contributed by atoms with van der Waals surface area (Å²) in [5.74, 6) is 0.0137. The summed E-state index contributed by atoms with van der Waals surface area (Å²) in [5.41, 5.74) is 1.49. The van der Waals surface area contributed by atoms with Crippen LogP contribution < -0.4 is 5.32 Å². The maximum atomic E-state index is 12.4. The Morgan fingerprint density at radius 2 is 1.68 bits per heavy atom. The lowest BCUT2D eigenvalue weighted by atomic mass is 10.2. The van der Waals surface area contributed by atoms with E-state index < -0.39 is 0 Å². The molecule has 2 aromatic carbocycles. The normalized spacial score (nSPS) is 15.0. The van der Waals surface area contributed by atoms with Crippen molar-refractivity contribution in [1.82, 2.24) is 9.80 Å². The third kappa shape index (κ3) is 4.90. The second-order valence-electron chi connectivity index (χ2n) is 5.99. The molecule has 5 nitrogen and oxygen atoms in total. The van der Waals surface area contributed by atoms with E-state index in [9.17, 15) is 9.59 Å². The first-order chi connectivity index (χ1) is 12.1. The quantitative estimate of drug-likeness (QED) is 0.856. The number of hydrogen-bond acceptors (Lipinski definition) is 3. The minimum absolute atomic E-state index is 0.0408. The molecule has 1 saturated heterocycles. The lowest BCUT2D eigenvalue weighted by Crippen LogP contribution is -2.50. The maximum Gasteiger partial charge on any atom is 0.253 e. The lowest BCUT2D eigenvalue weighted by Gasteiger charge is -2.34. The molecular formula is C19H20BrN3O2. The largest absolute Gasteiger partial charge is 0.336 e. The van der Waals surface area contributed by atoms with Crippen LogP contribution in [-0.2, 0) is 4.79 Å². The molecule has 6 heteroatoms. The number of nitrogens with one attached hydrogen (secondary N) is 1. The number of carbonyl (C=O) groups excluding carboxylic acids is 2. The zero-order valence-electron chi connectivity index (χ0n) is 13.8. The molecule has 1 aliphatic rings. The van der Waals surface area contributed by atoms with E-state index >= 15 is 0 Å². The molecule has 0 spiro atoms. The van der Waals surface area contributed by atoms with Crippen molar-refractivity contribution < 1.29 is 9.59 Å². The van der Waals surface area contributed by atoms with E-state index in [0.29, 0.717) is 38.3 Å². The number of piperazine rings is 1.